The predicted molar refractivity (Wildman–Crippen MR) is 60.9 cm³/mol. The van der Waals surface area contributed by atoms with Crippen LogP contribution >= 0.6 is 12.4 Å². The first-order valence-electron chi connectivity index (χ1n) is 4.78. The van der Waals surface area contributed by atoms with Gasteiger partial charge < -0.3 is 21.1 Å². The number of phenolic OH excluding ortho intramolecular Hbond substituents is 3. The molecule has 104 valence electrons. The van der Waals surface area contributed by atoms with Crippen LogP contribution in [0.4, 0.5) is 13.2 Å². The maximum Gasteiger partial charge on any atom is 0.389 e. The number of hydrogen-bond acceptors (Lipinski definition) is 4. The van der Waals surface area contributed by atoms with Crippen LogP contribution in [0.15, 0.2) is 12.1 Å². The largest absolute Gasteiger partial charge is 0.508 e. The maximum absolute atomic E-state index is 12.0. The van der Waals surface area contributed by atoms with E-state index in [1.54, 1.807) is 0 Å². The van der Waals surface area contributed by atoms with E-state index in [1.807, 2.05) is 0 Å². The topological polar surface area (TPSA) is 86.7 Å². The third kappa shape index (κ3) is 4.50. The van der Waals surface area contributed by atoms with Gasteiger partial charge in [-0.25, -0.2) is 0 Å². The number of hydrogen-bond donors (Lipinski definition) is 4. The molecule has 0 amide bonds. The van der Waals surface area contributed by atoms with Gasteiger partial charge in [0.2, 0.25) is 0 Å². The van der Waals surface area contributed by atoms with Gasteiger partial charge in [-0.1, -0.05) is 0 Å². The van der Waals surface area contributed by atoms with E-state index >= 15 is 0 Å². The van der Waals surface area contributed by atoms with Gasteiger partial charge in [-0.05, 0) is 6.42 Å². The molecular weight excluding hydrogens is 275 g/mol. The third-order valence-corrected chi connectivity index (χ3v) is 2.23. The summed E-state index contributed by atoms with van der Waals surface area (Å²) < 4.78 is 35.9. The Morgan fingerprint density at radius 3 is 1.94 bits per heavy atom. The van der Waals surface area contributed by atoms with Crippen molar-refractivity contribution < 1.29 is 28.5 Å². The first-order chi connectivity index (χ1) is 7.70. The van der Waals surface area contributed by atoms with Crippen LogP contribution in [-0.4, -0.2) is 21.5 Å². The Kier molecular flexibility index (Phi) is 5.56. The molecule has 18 heavy (non-hydrogen) atoms. The SMILES string of the molecule is Cl.N[C@H](CCC(F)(F)F)c1c(O)cc(O)cc1O. The van der Waals surface area contributed by atoms with Gasteiger partial charge in [0.05, 0.1) is 5.56 Å². The van der Waals surface area contributed by atoms with E-state index < -0.39 is 42.3 Å². The quantitative estimate of drug-likeness (QED) is 0.688. The van der Waals surface area contributed by atoms with Crippen LogP contribution in [0, 0.1) is 0 Å². The summed E-state index contributed by atoms with van der Waals surface area (Å²) in [5.74, 6) is -1.46. The summed E-state index contributed by atoms with van der Waals surface area (Å²) in [5.41, 5.74) is 5.25. The minimum Gasteiger partial charge on any atom is -0.508 e. The van der Waals surface area contributed by atoms with E-state index in [1.165, 1.54) is 0 Å². The van der Waals surface area contributed by atoms with E-state index in [2.05, 4.69) is 0 Å². The van der Waals surface area contributed by atoms with E-state index in [0.29, 0.717) is 0 Å². The highest BCUT2D eigenvalue weighted by Crippen LogP contribution is 2.38. The monoisotopic (exact) mass is 287 g/mol. The lowest BCUT2D eigenvalue weighted by atomic mass is 10.0. The summed E-state index contributed by atoms with van der Waals surface area (Å²) in [4.78, 5) is 0. The fourth-order valence-corrected chi connectivity index (χ4v) is 1.45. The van der Waals surface area contributed by atoms with Gasteiger partial charge in [-0.2, -0.15) is 13.2 Å². The van der Waals surface area contributed by atoms with Crippen molar-refractivity contribution in [3.05, 3.63) is 17.7 Å². The fraction of sp³-hybridized carbons (Fsp3) is 0.400. The molecule has 0 fully saturated rings. The zero-order valence-electron chi connectivity index (χ0n) is 9.11. The molecule has 1 rings (SSSR count). The Morgan fingerprint density at radius 2 is 1.56 bits per heavy atom. The van der Waals surface area contributed by atoms with Crippen molar-refractivity contribution >= 4 is 12.4 Å². The first-order valence-corrected chi connectivity index (χ1v) is 4.78. The smallest absolute Gasteiger partial charge is 0.389 e. The van der Waals surface area contributed by atoms with Gasteiger partial charge in [0.25, 0.3) is 0 Å². The van der Waals surface area contributed by atoms with Crippen molar-refractivity contribution in [2.45, 2.75) is 25.1 Å². The highest BCUT2D eigenvalue weighted by molar-refractivity contribution is 5.85. The minimum atomic E-state index is -4.35. The molecule has 8 heteroatoms. The van der Waals surface area contributed by atoms with Crippen LogP contribution in [0.5, 0.6) is 17.2 Å². The molecule has 0 aliphatic rings. The average molecular weight is 288 g/mol. The van der Waals surface area contributed by atoms with Crippen LogP contribution in [0.2, 0.25) is 0 Å². The molecule has 0 spiro atoms. The van der Waals surface area contributed by atoms with E-state index in [4.69, 9.17) is 10.8 Å². The molecular formula is C10H13ClF3NO3. The second-order valence-corrected chi connectivity index (χ2v) is 3.66. The normalized spacial score (nSPS) is 12.9. The lowest BCUT2D eigenvalue weighted by molar-refractivity contribution is -0.136. The molecule has 0 heterocycles. The number of halogens is 4. The summed E-state index contributed by atoms with van der Waals surface area (Å²) in [6.07, 6.45) is -5.93. The maximum atomic E-state index is 12.0. The predicted octanol–water partition coefficient (Wildman–Crippen LogP) is 2.57. The zero-order valence-corrected chi connectivity index (χ0v) is 9.92. The molecule has 1 aromatic carbocycles. The molecule has 0 radical (unpaired) electrons. The Bertz CT molecular complexity index is 389. The number of alkyl halides is 3. The molecule has 0 bridgehead atoms. The van der Waals surface area contributed by atoms with Gasteiger partial charge in [-0.15, -0.1) is 12.4 Å². The first kappa shape index (κ1) is 16.7. The average Bonchev–Trinajstić information content (AvgIpc) is 2.11. The molecule has 0 saturated carbocycles. The Hall–Kier alpha value is -1.34. The van der Waals surface area contributed by atoms with E-state index in [9.17, 15) is 23.4 Å². The molecule has 5 N–H and O–H groups in total. The number of nitrogens with two attached hydrogens (primary N) is 1. The van der Waals surface area contributed by atoms with Crippen molar-refractivity contribution in [3.63, 3.8) is 0 Å². The summed E-state index contributed by atoms with van der Waals surface area (Å²) in [5, 5.41) is 27.8. The number of phenols is 3. The van der Waals surface area contributed by atoms with Crippen LogP contribution in [0.25, 0.3) is 0 Å². The highest BCUT2D eigenvalue weighted by Gasteiger charge is 2.29. The van der Waals surface area contributed by atoms with Gasteiger partial charge in [0.15, 0.2) is 0 Å². The molecule has 0 aromatic heterocycles. The minimum absolute atomic E-state index is 0. The summed E-state index contributed by atoms with van der Waals surface area (Å²) in [6.45, 7) is 0. The molecule has 0 aliphatic carbocycles. The lowest BCUT2D eigenvalue weighted by Gasteiger charge is -2.16. The van der Waals surface area contributed by atoms with Crippen molar-refractivity contribution in [1.82, 2.24) is 0 Å². The molecule has 0 unspecified atom stereocenters. The van der Waals surface area contributed by atoms with Crippen LogP contribution < -0.4 is 5.73 Å². The second kappa shape index (κ2) is 6.01. The Labute approximate surface area is 107 Å². The van der Waals surface area contributed by atoms with Crippen molar-refractivity contribution in [3.8, 4) is 17.2 Å². The molecule has 0 aliphatic heterocycles. The molecule has 4 nitrogen and oxygen atoms in total. The molecule has 1 atom stereocenters. The van der Waals surface area contributed by atoms with E-state index in [0.717, 1.165) is 12.1 Å². The van der Waals surface area contributed by atoms with Crippen molar-refractivity contribution in [2.75, 3.05) is 0 Å². The summed E-state index contributed by atoms with van der Waals surface area (Å²) >= 11 is 0. The zero-order chi connectivity index (χ0) is 13.2. The standard InChI is InChI=1S/C10H12F3NO3.ClH/c11-10(12,13)2-1-6(14)9-7(16)3-5(15)4-8(9)17;/h3-4,6,15-17H,1-2,14H2;1H/t6-;/m1./s1. The van der Waals surface area contributed by atoms with Gasteiger partial charge >= 0.3 is 6.18 Å². The second-order valence-electron chi connectivity index (χ2n) is 3.66. The molecule has 1 aromatic rings. The van der Waals surface area contributed by atoms with Crippen LogP contribution in [0.1, 0.15) is 24.4 Å². The highest BCUT2D eigenvalue weighted by atomic mass is 35.5. The van der Waals surface area contributed by atoms with Crippen LogP contribution in [0.3, 0.4) is 0 Å². The number of aromatic hydroxyl groups is 3. The summed E-state index contributed by atoms with van der Waals surface area (Å²) in [7, 11) is 0. The van der Waals surface area contributed by atoms with Crippen molar-refractivity contribution in [2.24, 2.45) is 5.73 Å². The Morgan fingerprint density at radius 1 is 1.11 bits per heavy atom. The van der Waals surface area contributed by atoms with E-state index in [-0.39, 0.29) is 18.0 Å². The number of benzene rings is 1. The van der Waals surface area contributed by atoms with Gasteiger partial charge in [-0.3, -0.25) is 0 Å². The van der Waals surface area contributed by atoms with Crippen molar-refractivity contribution in [1.29, 1.82) is 0 Å². The van der Waals surface area contributed by atoms with Gasteiger partial charge in [0, 0.05) is 24.6 Å². The lowest BCUT2D eigenvalue weighted by Crippen LogP contribution is -2.16. The third-order valence-electron chi connectivity index (χ3n) is 2.23. The van der Waals surface area contributed by atoms with Gasteiger partial charge in [0.1, 0.15) is 17.2 Å². The fourth-order valence-electron chi connectivity index (χ4n) is 1.45. The number of rotatable bonds is 3. The Balaban J connectivity index is 0.00000289. The molecule has 0 saturated heterocycles. The van der Waals surface area contributed by atoms with Crippen LogP contribution in [-0.2, 0) is 0 Å². The summed E-state index contributed by atoms with van der Waals surface area (Å²) in [6, 6.07) is 0.655.